The molecule has 2 N–H and O–H groups in total. The van der Waals surface area contributed by atoms with E-state index in [1.807, 2.05) is 20.8 Å². The van der Waals surface area contributed by atoms with Gasteiger partial charge in [0.15, 0.2) is 0 Å². The first-order valence-corrected chi connectivity index (χ1v) is 6.04. The Hall–Kier alpha value is -1.85. The van der Waals surface area contributed by atoms with Gasteiger partial charge >= 0.3 is 5.97 Å². The second-order valence-corrected chi connectivity index (χ2v) is 3.89. The summed E-state index contributed by atoms with van der Waals surface area (Å²) >= 11 is 0. The fourth-order valence-electron chi connectivity index (χ4n) is 1.66. The number of carbonyl (C=O) groups is 1. The highest BCUT2D eigenvalue weighted by Crippen LogP contribution is 2.22. The number of anilines is 1. The monoisotopic (exact) mass is 253 g/mol. The molecule has 0 saturated carbocycles. The summed E-state index contributed by atoms with van der Waals surface area (Å²) in [6.45, 7) is 6.02. The average molecular weight is 253 g/mol. The Labute approximate surface area is 106 Å². The summed E-state index contributed by atoms with van der Waals surface area (Å²) in [5.41, 5.74) is -1.00. The second kappa shape index (κ2) is 6.18. The topological polar surface area (TPSA) is 84.3 Å². The van der Waals surface area contributed by atoms with E-state index in [4.69, 9.17) is 4.74 Å². The van der Waals surface area contributed by atoms with Crippen molar-refractivity contribution < 1.29 is 14.6 Å². The molecule has 1 heterocycles. The second-order valence-electron chi connectivity index (χ2n) is 3.89. The highest BCUT2D eigenvalue weighted by atomic mass is 16.5. The molecule has 1 aromatic rings. The van der Waals surface area contributed by atoms with Crippen molar-refractivity contribution in [3.05, 3.63) is 12.4 Å². The lowest BCUT2D eigenvalue weighted by Gasteiger charge is -2.28. The SMILES string of the molecule is CCOc1cc(NC(CC)(CC)C(=O)O)ncn1. The first-order chi connectivity index (χ1) is 8.57. The van der Waals surface area contributed by atoms with Crippen molar-refractivity contribution in [1.29, 1.82) is 0 Å². The van der Waals surface area contributed by atoms with Gasteiger partial charge in [-0.1, -0.05) is 13.8 Å². The third kappa shape index (κ3) is 3.09. The summed E-state index contributed by atoms with van der Waals surface area (Å²) in [6.07, 6.45) is 2.28. The predicted octanol–water partition coefficient (Wildman–Crippen LogP) is 1.93. The summed E-state index contributed by atoms with van der Waals surface area (Å²) in [4.78, 5) is 19.3. The van der Waals surface area contributed by atoms with Crippen LogP contribution in [0.4, 0.5) is 5.82 Å². The molecule has 1 aromatic heterocycles. The van der Waals surface area contributed by atoms with Crippen LogP contribution >= 0.6 is 0 Å². The fraction of sp³-hybridized carbons (Fsp3) is 0.583. The molecule has 0 aromatic carbocycles. The number of carboxylic acid groups (broad SMARTS) is 1. The molecule has 6 heteroatoms. The van der Waals surface area contributed by atoms with Gasteiger partial charge in [-0.25, -0.2) is 14.8 Å². The normalized spacial score (nSPS) is 11.1. The van der Waals surface area contributed by atoms with Gasteiger partial charge in [-0.05, 0) is 19.8 Å². The number of rotatable bonds is 7. The zero-order valence-corrected chi connectivity index (χ0v) is 10.9. The van der Waals surface area contributed by atoms with Crippen LogP contribution in [0, 0.1) is 0 Å². The van der Waals surface area contributed by atoms with Crippen LogP contribution in [0.15, 0.2) is 12.4 Å². The van der Waals surface area contributed by atoms with E-state index in [1.165, 1.54) is 6.33 Å². The Morgan fingerprint density at radius 2 is 2.06 bits per heavy atom. The minimum atomic E-state index is -1.00. The molecule has 0 atom stereocenters. The van der Waals surface area contributed by atoms with E-state index in [0.717, 1.165) is 0 Å². The smallest absolute Gasteiger partial charge is 0.329 e. The van der Waals surface area contributed by atoms with E-state index in [1.54, 1.807) is 6.07 Å². The number of nitrogens with zero attached hydrogens (tertiary/aromatic N) is 2. The van der Waals surface area contributed by atoms with Crippen LogP contribution in [0.2, 0.25) is 0 Å². The molecule has 0 saturated heterocycles. The molecule has 0 radical (unpaired) electrons. The summed E-state index contributed by atoms with van der Waals surface area (Å²) in [5.74, 6) is 0.00474. The van der Waals surface area contributed by atoms with E-state index in [2.05, 4.69) is 15.3 Å². The van der Waals surface area contributed by atoms with Crippen LogP contribution in [0.25, 0.3) is 0 Å². The quantitative estimate of drug-likeness (QED) is 0.772. The standard InChI is InChI=1S/C12H19N3O3/c1-4-12(5-2,11(16)17)15-9-7-10(18-6-3)14-8-13-9/h7-8H,4-6H2,1-3H3,(H,16,17)(H,13,14,15). The Bertz CT molecular complexity index is 405. The van der Waals surface area contributed by atoms with Crippen LogP contribution in [0.3, 0.4) is 0 Å². The number of aromatic nitrogens is 2. The number of ether oxygens (including phenoxy) is 1. The molecule has 0 aliphatic carbocycles. The molecule has 18 heavy (non-hydrogen) atoms. The Balaban J connectivity index is 2.93. The van der Waals surface area contributed by atoms with Gasteiger partial charge < -0.3 is 15.2 Å². The van der Waals surface area contributed by atoms with Crippen molar-refractivity contribution in [3.8, 4) is 5.88 Å². The van der Waals surface area contributed by atoms with E-state index in [0.29, 0.717) is 31.1 Å². The van der Waals surface area contributed by atoms with Crippen molar-refractivity contribution in [1.82, 2.24) is 9.97 Å². The summed E-state index contributed by atoms with van der Waals surface area (Å²) in [7, 11) is 0. The summed E-state index contributed by atoms with van der Waals surface area (Å²) in [5, 5.41) is 12.3. The highest BCUT2D eigenvalue weighted by molar-refractivity contribution is 5.82. The first kappa shape index (κ1) is 14.2. The fourth-order valence-corrected chi connectivity index (χ4v) is 1.66. The summed E-state index contributed by atoms with van der Waals surface area (Å²) < 4.78 is 5.25. The summed E-state index contributed by atoms with van der Waals surface area (Å²) in [6, 6.07) is 1.60. The lowest BCUT2D eigenvalue weighted by atomic mass is 9.93. The van der Waals surface area contributed by atoms with E-state index in [-0.39, 0.29) is 0 Å². The zero-order valence-electron chi connectivity index (χ0n) is 10.9. The predicted molar refractivity (Wildman–Crippen MR) is 67.8 cm³/mol. The van der Waals surface area contributed by atoms with E-state index in [9.17, 15) is 9.90 Å². The Morgan fingerprint density at radius 3 is 2.56 bits per heavy atom. The minimum absolute atomic E-state index is 0.432. The van der Waals surface area contributed by atoms with Crippen LogP contribution in [-0.4, -0.2) is 33.2 Å². The molecule has 6 nitrogen and oxygen atoms in total. The van der Waals surface area contributed by atoms with Crippen molar-refractivity contribution in [3.63, 3.8) is 0 Å². The van der Waals surface area contributed by atoms with Crippen molar-refractivity contribution in [2.24, 2.45) is 0 Å². The number of carboxylic acids is 1. The molecule has 0 aliphatic heterocycles. The zero-order chi connectivity index (χ0) is 13.6. The largest absolute Gasteiger partial charge is 0.480 e. The van der Waals surface area contributed by atoms with Crippen LogP contribution in [0.1, 0.15) is 33.6 Å². The van der Waals surface area contributed by atoms with Gasteiger partial charge in [-0.15, -0.1) is 0 Å². The first-order valence-electron chi connectivity index (χ1n) is 6.04. The van der Waals surface area contributed by atoms with Gasteiger partial charge in [0.05, 0.1) is 6.61 Å². The number of hydrogen-bond donors (Lipinski definition) is 2. The maximum absolute atomic E-state index is 11.4. The lowest BCUT2D eigenvalue weighted by Crippen LogP contribution is -2.45. The molecule has 0 aliphatic rings. The molecule has 0 bridgehead atoms. The molecular formula is C12H19N3O3. The van der Waals surface area contributed by atoms with E-state index < -0.39 is 11.5 Å². The highest BCUT2D eigenvalue weighted by Gasteiger charge is 2.35. The third-order valence-corrected chi connectivity index (χ3v) is 2.92. The molecule has 1 rings (SSSR count). The molecule has 100 valence electrons. The molecule has 0 amide bonds. The van der Waals surface area contributed by atoms with Crippen LogP contribution in [0.5, 0.6) is 5.88 Å². The Kier molecular flexibility index (Phi) is 4.88. The average Bonchev–Trinajstić information content (AvgIpc) is 2.36. The minimum Gasteiger partial charge on any atom is -0.480 e. The number of aliphatic carboxylic acids is 1. The molecular weight excluding hydrogens is 234 g/mol. The Morgan fingerprint density at radius 1 is 1.39 bits per heavy atom. The number of nitrogens with one attached hydrogen (secondary N) is 1. The molecule has 0 fully saturated rings. The maximum atomic E-state index is 11.4. The maximum Gasteiger partial charge on any atom is 0.329 e. The van der Waals surface area contributed by atoms with Gasteiger partial charge in [0.2, 0.25) is 5.88 Å². The van der Waals surface area contributed by atoms with Crippen molar-refractivity contribution in [2.75, 3.05) is 11.9 Å². The third-order valence-electron chi connectivity index (χ3n) is 2.92. The van der Waals surface area contributed by atoms with Gasteiger partial charge in [0.1, 0.15) is 17.7 Å². The van der Waals surface area contributed by atoms with Crippen molar-refractivity contribution in [2.45, 2.75) is 39.2 Å². The molecule has 0 unspecified atom stereocenters. The van der Waals surface area contributed by atoms with E-state index >= 15 is 0 Å². The van der Waals surface area contributed by atoms with Gasteiger partial charge in [-0.2, -0.15) is 0 Å². The molecule has 0 spiro atoms. The van der Waals surface area contributed by atoms with Gasteiger partial charge in [-0.3, -0.25) is 0 Å². The van der Waals surface area contributed by atoms with Crippen molar-refractivity contribution >= 4 is 11.8 Å². The van der Waals surface area contributed by atoms with Gasteiger partial charge in [0, 0.05) is 6.07 Å². The van der Waals surface area contributed by atoms with Gasteiger partial charge in [0.25, 0.3) is 0 Å². The lowest BCUT2D eigenvalue weighted by molar-refractivity contribution is -0.142. The van der Waals surface area contributed by atoms with Crippen LogP contribution < -0.4 is 10.1 Å². The number of hydrogen-bond acceptors (Lipinski definition) is 5. The van der Waals surface area contributed by atoms with Crippen LogP contribution in [-0.2, 0) is 4.79 Å².